The van der Waals surface area contributed by atoms with Crippen molar-refractivity contribution in [3.05, 3.63) is 63.0 Å². The molecule has 0 radical (unpaired) electrons. The summed E-state index contributed by atoms with van der Waals surface area (Å²) in [5, 5.41) is 11.9. The number of benzene rings is 2. The molecule has 2 heterocycles. The fraction of sp³-hybridized carbons (Fsp3) is 0.100. The lowest BCUT2D eigenvalue weighted by Crippen LogP contribution is -1.98. The summed E-state index contributed by atoms with van der Waals surface area (Å²) in [7, 11) is 0. The van der Waals surface area contributed by atoms with E-state index in [1.807, 2.05) is 6.92 Å². The van der Waals surface area contributed by atoms with Crippen molar-refractivity contribution in [1.82, 2.24) is 0 Å². The Balaban J connectivity index is 2.08. The second-order valence-corrected chi connectivity index (χ2v) is 6.53. The van der Waals surface area contributed by atoms with Crippen molar-refractivity contribution in [2.75, 3.05) is 0 Å². The van der Waals surface area contributed by atoms with Gasteiger partial charge < -0.3 is 13.9 Å². The van der Waals surface area contributed by atoms with E-state index in [0.717, 1.165) is 5.56 Å². The standard InChI is InChI=1S/C20H13ClO5/c1-9-12-6-13(10(2)22)16(23)8-18(12)26-20(9)15-7-19(24)25-17-4-3-11(21)5-14(15)17/h3-8,23H,1-2H3. The maximum Gasteiger partial charge on any atom is 0.336 e. The number of phenols is 1. The molecule has 6 heteroatoms. The van der Waals surface area contributed by atoms with E-state index in [0.29, 0.717) is 38.3 Å². The molecule has 0 fully saturated rings. The van der Waals surface area contributed by atoms with Crippen LogP contribution in [-0.4, -0.2) is 10.9 Å². The lowest BCUT2D eigenvalue weighted by Gasteiger charge is -2.04. The zero-order chi connectivity index (χ0) is 18.6. The molecule has 26 heavy (non-hydrogen) atoms. The van der Waals surface area contributed by atoms with Gasteiger partial charge in [-0.2, -0.15) is 0 Å². The summed E-state index contributed by atoms with van der Waals surface area (Å²) in [5.74, 6) is 0.0650. The van der Waals surface area contributed by atoms with Crippen LogP contribution in [0.4, 0.5) is 0 Å². The number of Topliss-reactive ketones (excluding diaryl/α,β-unsaturated/α-hetero) is 1. The van der Waals surface area contributed by atoms with E-state index in [1.165, 1.54) is 19.1 Å². The summed E-state index contributed by atoms with van der Waals surface area (Å²) in [6.07, 6.45) is 0. The van der Waals surface area contributed by atoms with Gasteiger partial charge in [-0.3, -0.25) is 4.79 Å². The highest BCUT2D eigenvalue weighted by atomic mass is 35.5. The molecule has 0 aliphatic carbocycles. The van der Waals surface area contributed by atoms with Crippen LogP contribution in [0, 0.1) is 6.92 Å². The SMILES string of the molecule is CC(=O)c1cc2c(C)c(-c3cc(=O)oc4ccc(Cl)cc34)oc2cc1O. The van der Waals surface area contributed by atoms with Crippen molar-refractivity contribution < 1.29 is 18.7 Å². The van der Waals surface area contributed by atoms with Gasteiger partial charge in [0.15, 0.2) is 5.78 Å². The van der Waals surface area contributed by atoms with Crippen LogP contribution in [0.1, 0.15) is 22.8 Å². The number of carbonyl (C=O) groups is 1. The first kappa shape index (κ1) is 16.4. The number of hydrogen-bond donors (Lipinski definition) is 1. The minimum atomic E-state index is -0.512. The van der Waals surface area contributed by atoms with Crippen molar-refractivity contribution >= 4 is 39.3 Å². The molecular weight excluding hydrogens is 356 g/mol. The molecule has 2 aromatic carbocycles. The van der Waals surface area contributed by atoms with Gasteiger partial charge in [-0.25, -0.2) is 4.79 Å². The Morgan fingerprint density at radius 2 is 1.81 bits per heavy atom. The number of carbonyl (C=O) groups excluding carboxylic acids is 1. The molecule has 130 valence electrons. The van der Waals surface area contributed by atoms with Crippen molar-refractivity contribution in [1.29, 1.82) is 0 Å². The summed E-state index contributed by atoms with van der Waals surface area (Å²) < 4.78 is 11.1. The van der Waals surface area contributed by atoms with Crippen LogP contribution in [0.3, 0.4) is 0 Å². The predicted octanol–water partition coefficient (Wildman–Crippen LogP) is 5.08. The molecule has 0 spiro atoms. The van der Waals surface area contributed by atoms with Gasteiger partial charge in [0.25, 0.3) is 0 Å². The minimum absolute atomic E-state index is 0.147. The topological polar surface area (TPSA) is 80.7 Å². The van der Waals surface area contributed by atoms with Gasteiger partial charge in [0.1, 0.15) is 22.7 Å². The number of furan rings is 1. The van der Waals surface area contributed by atoms with Crippen LogP contribution in [-0.2, 0) is 0 Å². The van der Waals surface area contributed by atoms with Crippen LogP contribution in [0.15, 0.2) is 50.0 Å². The molecule has 2 aromatic heterocycles. The Kier molecular flexibility index (Phi) is 3.63. The van der Waals surface area contributed by atoms with Gasteiger partial charge in [0.05, 0.1) is 5.56 Å². The lowest BCUT2D eigenvalue weighted by atomic mass is 10.0. The first-order valence-electron chi connectivity index (χ1n) is 7.86. The zero-order valence-electron chi connectivity index (χ0n) is 13.9. The molecule has 0 bridgehead atoms. The number of fused-ring (bicyclic) bond motifs is 2. The maximum atomic E-state index is 12.0. The minimum Gasteiger partial charge on any atom is -0.507 e. The van der Waals surface area contributed by atoms with E-state index in [9.17, 15) is 14.7 Å². The van der Waals surface area contributed by atoms with E-state index < -0.39 is 5.63 Å². The normalized spacial score (nSPS) is 11.3. The molecule has 5 nitrogen and oxygen atoms in total. The highest BCUT2D eigenvalue weighted by Crippen LogP contribution is 2.38. The fourth-order valence-corrected chi connectivity index (χ4v) is 3.29. The van der Waals surface area contributed by atoms with Gasteiger partial charge in [-0.05, 0) is 38.1 Å². The molecule has 1 N–H and O–H groups in total. The first-order chi connectivity index (χ1) is 12.3. The second-order valence-electron chi connectivity index (χ2n) is 6.10. The van der Waals surface area contributed by atoms with Gasteiger partial charge >= 0.3 is 5.63 Å². The van der Waals surface area contributed by atoms with Gasteiger partial charge in [-0.1, -0.05) is 11.6 Å². The van der Waals surface area contributed by atoms with Crippen LogP contribution >= 0.6 is 11.6 Å². The number of halogens is 1. The average molecular weight is 369 g/mol. The molecule has 0 aliphatic heterocycles. The van der Waals surface area contributed by atoms with E-state index in [4.69, 9.17) is 20.4 Å². The zero-order valence-corrected chi connectivity index (χ0v) is 14.7. The Bertz CT molecular complexity index is 1260. The monoisotopic (exact) mass is 368 g/mol. The van der Waals surface area contributed by atoms with Crippen LogP contribution in [0.2, 0.25) is 5.02 Å². The Morgan fingerprint density at radius 3 is 2.54 bits per heavy atom. The summed E-state index contributed by atoms with van der Waals surface area (Å²) in [6, 6.07) is 9.30. The third-order valence-corrected chi connectivity index (χ3v) is 4.62. The van der Waals surface area contributed by atoms with Crippen molar-refractivity contribution in [3.63, 3.8) is 0 Å². The largest absolute Gasteiger partial charge is 0.507 e. The van der Waals surface area contributed by atoms with Gasteiger partial charge in [0, 0.05) is 39.1 Å². The average Bonchev–Trinajstić information content (AvgIpc) is 2.89. The van der Waals surface area contributed by atoms with Gasteiger partial charge in [0.2, 0.25) is 0 Å². The Hall–Kier alpha value is -3.05. The van der Waals surface area contributed by atoms with E-state index in [-0.39, 0.29) is 17.1 Å². The first-order valence-corrected chi connectivity index (χ1v) is 8.24. The predicted molar refractivity (Wildman–Crippen MR) is 99.1 cm³/mol. The molecule has 0 saturated carbocycles. The number of ketones is 1. The molecule has 0 atom stereocenters. The molecule has 0 saturated heterocycles. The van der Waals surface area contributed by atoms with Crippen molar-refractivity contribution in [2.45, 2.75) is 13.8 Å². The third-order valence-electron chi connectivity index (χ3n) is 4.38. The summed E-state index contributed by atoms with van der Waals surface area (Å²) in [6.45, 7) is 3.21. The lowest BCUT2D eigenvalue weighted by molar-refractivity contribution is 0.101. The quantitative estimate of drug-likeness (QED) is 0.394. The fourth-order valence-electron chi connectivity index (χ4n) is 3.12. The number of phenolic OH excluding ortho intramolecular Hbond substituents is 1. The molecule has 0 unspecified atom stereocenters. The Labute approximate surface area is 152 Å². The molecule has 0 aliphatic rings. The Morgan fingerprint density at radius 1 is 1.04 bits per heavy atom. The highest BCUT2D eigenvalue weighted by molar-refractivity contribution is 6.31. The highest BCUT2D eigenvalue weighted by Gasteiger charge is 2.19. The van der Waals surface area contributed by atoms with Crippen LogP contribution in [0.5, 0.6) is 5.75 Å². The van der Waals surface area contributed by atoms with Crippen LogP contribution in [0.25, 0.3) is 33.3 Å². The van der Waals surface area contributed by atoms with Crippen molar-refractivity contribution in [2.24, 2.45) is 0 Å². The third kappa shape index (κ3) is 2.48. The van der Waals surface area contributed by atoms with Gasteiger partial charge in [-0.15, -0.1) is 0 Å². The molecule has 0 amide bonds. The van der Waals surface area contributed by atoms with Crippen molar-refractivity contribution in [3.8, 4) is 17.1 Å². The maximum absolute atomic E-state index is 12.0. The molecule has 4 aromatic rings. The number of aromatic hydroxyl groups is 1. The smallest absolute Gasteiger partial charge is 0.336 e. The molecule has 4 rings (SSSR count). The van der Waals surface area contributed by atoms with E-state index in [2.05, 4.69) is 0 Å². The molecular formula is C20H13ClO5. The summed E-state index contributed by atoms with van der Waals surface area (Å²) in [5.41, 5.74) is 1.80. The summed E-state index contributed by atoms with van der Waals surface area (Å²) in [4.78, 5) is 23.7. The number of hydrogen-bond acceptors (Lipinski definition) is 5. The summed E-state index contributed by atoms with van der Waals surface area (Å²) >= 11 is 6.09. The second kappa shape index (κ2) is 5.75. The number of aryl methyl sites for hydroxylation is 1. The van der Waals surface area contributed by atoms with E-state index >= 15 is 0 Å². The van der Waals surface area contributed by atoms with E-state index in [1.54, 1.807) is 24.3 Å². The number of rotatable bonds is 2. The van der Waals surface area contributed by atoms with Crippen LogP contribution < -0.4 is 5.63 Å².